The standard InChI is InChI=1S/C61H35N3O/c65-61-49-20-7-6-17-42(49)47-21-12-22-48-52-32-37(26-30-57(52)64(61)60(47)48)36-25-28-43-44-29-27-39(33-51(44)41-16-5-4-15-40(41)50(43)31-36)63-56-24-11-9-19-46(56)54-34-53-45-18-8-10-23-55(45)62(58(53)35-59(54)63)38-13-2-1-3-14-38/h1-35H. The van der Waals surface area contributed by atoms with Crippen LogP contribution in [0.25, 0.3) is 136 Å². The summed E-state index contributed by atoms with van der Waals surface area (Å²) in [6, 6.07) is 76.9. The minimum Gasteiger partial charge on any atom is -0.309 e. The number of hydrogen-bond acceptors (Lipinski definition) is 1. The lowest BCUT2D eigenvalue weighted by Crippen LogP contribution is -2.12. The summed E-state index contributed by atoms with van der Waals surface area (Å²) >= 11 is 0. The number of benzene rings is 11. The summed E-state index contributed by atoms with van der Waals surface area (Å²) in [7, 11) is 0. The minimum absolute atomic E-state index is 0.0293. The second-order valence-corrected chi connectivity index (χ2v) is 17.6. The summed E-state index contributed by atoms with van der Waals surface area (Å²) in [6.45, 7) is 0. The molecule has 0 fully saturated rings. The fraction of sp³-hybridized carbons (Fsp3) is 0. The smallest absolute Gasteiger partial charge is 0.263 e. The Hall–Kier alpha value is -8.73. The average Bonchev–Trinajstić information content (AvgIpc) is 4.00. The number of aromatic nitrogens is 3. The van der Waals surface area contributed by atoms with Gasteiger partial charge in [-0.25, -0.2) is 0 Å². The molecule has 0 atom stereocenters. The molecular formula is C61H35N3O. The first-order valence-corrected chi connectivity index (χ1v) is 22.3. The lowest BCUT2D eigenvalue weighted by atomic mass is 9.91. The molecule has 0 saturated heterocycles. The second-order valence-electron chi connectivity index (χ2n) is 17.6. The summed E-state index contributed by atoms with van der Waals surface area (Å²) in [4.78, 5) is 14.0. The molecule has 0 spiro atoms. The summed E-state index contributed by atoms with van der Waals surface area (Å²) in [5, 5.41) is 17.4. The fourth-order valence-electron chi connectivity index (χ4n) is 11.5. The number of pyridine rings is 1. The molecular weight excluding hydrogens is 791 g/mol. The van der Waals surface area contributed by atoms with Crippen LogP contribution < -0.4 is 5.56 Å². The summed E-state index contributed by atoms with van der Waals surface area (Å²) in [5.41, 5.74) is 11.3. The minimum atomic E-state index is 0.0293. The van der Waals surface area contributed by atoms with E-state index in [1.54, 1.807) is 0 Å². The van der Waals surface area contributed by atoms with Crippen molar-refractivity contribution >= 4 is 114 Å². The molecule has 4 aromatic heterocycles. The van der Waals surface area contributed by atoms with Crippen molar-refractivity contribution in [3.63, 3.8) is 0 Å². The number of fused-ring (bicyclic) bond motifs is 17. The van der Waals surface area contributed by atoms with Crippen molar-refractivity contribution in [1.29, 1.82) is 0 Å². The van der Waals surface area contributed by atoms with Crippen LogP contribution in [0.2, 0.25) is 0 Å². The topological polar surface area (TPSA) is 31.3 Å². The maximum Gasteiger partial charge on any atom is 0.263 e. The number of para-hydroxylation sites is 4. The molecule has 0 amide bonds. The van der Waals surface area contributed by atoms with Crippen LogP contribution in [0.3, 0.4) is 0 Å². The fourth-order valence-corrected chi connectivity index (χ4v) is 11.5. The Balaban J connectivity index is 0.941. The van der Waals surface area contributed by atoms with Gasteiger partial charge >= 0.3 is 0 Å². The van der Waals surface area contributed by atoms with Gasteiger partial charge in [0.15, 0.2) is 0 Å². The number of nitrogens with zero attached hydrogens (tertiary/aromatic N) is 3. The normalized spacial score (nSPS) is 12.4. The third-order valence-electron chi connectivity index (χ3n) is 14.3. The second kappa shape index (κ2) is 12.7. The summed E-state index contributed by atoms with van der Waals surface area (Å²) in [6.07, 6.45) is 0. The van der Waals surface area contributed by atoms with Crippen LogP contribution in [0.5, 0.6) is 0 Å². The van der Waals surface area contributed by atoms with Crippen molar-refractivity contribution in [2.45, 2.75) is 0 Å². The molecule has 300 valence electrons. The SMILES string of the molecule is O=c1c2ccccc2c2cccc3c4cc(-c5ccc6c7ccc(-n8c9ccccc9c9cc%10c%11ccccc%11n(-c%11ccccc%11)c%10cc98)cc7c7ccccc7c6c5)ccc4n1c23. The van der Waals surface area contributed by atoms with Crippen LogP contribution in [0.4, 0.5) is 0 Å². The van der Waals surface area contributed by atoms with Gasteiger partial charge in [0.25, 0.3) is 5.56 Å². The largest absolute Gasteiger partial charge is 0.309 e. The molecule has 0 radical (unpaired) electrons. The van der Waals surface area contributed by atoms with E-state index < -0.39 is 0 Å². The van der Waals surface area contributed by atoms with E-state index in [0.717, 1.165) is 60.5 Å². The van der Waals surface area contributed by atoms with Gasteiger partial charge in [-0.1, -0.05) is 140 Å². The first kappa shape index (κ1) is 34.8. The van der Waals surface area contributed by atoms with E-state index >= 15 is 0 Å². The first-order chi connectivity index (χ1) is 32.2. The Morgan fingerprint density at radius 2 is 0.708 bits per heavy atom. The van der Waals surface area contributed by atoms with Gasteiger partial charge in [-0.3, -0.25) is 9.20 Å². The van der Waals surface area contributed by atoms with Gasteiger partial charge in [0.2, 0.25) is 0 Å². The molecule has 0 saturated carbocycles. The van der Waals surface area contributed by atoms with E-state index in [0.29, 0.717) is 0 Å². The van der Waals surface area contributed by atoms with Gasteiger partial charge in [-0.15, -0.1) is 0 Å². The predicted octanol–water partition coefficient (Wildman–Crippen LogP) is 15.5. The lowest BCUT2D eigenvalue weighted by molar-refractivity contribution is 1.17. The monoisotopic (exact) mass is 825 g/mol. The van der Waals surface area contributed by atoms with Crippen LogP contribution in [0, 0.1) is 0 Å². The molecule has 4 heteroatoms. The van der Waals surface area contributed by atoms with Gasteiger partial charge in [0.1, 0.15) is 0 Å². The Bertz CT molecular complexity index is 4590. The third kappa shape index (κ3) is 4.62. The van der Waals surface area contributed by atoms with E-state index in [1.165, 1.54) is 75.9 Å². The molecule has 15 rings (SSSR count). The molecule has 4 nitrogen and oxygen atoms in total. The third-order valence-corrected chi connectivity index (χ3v) is 14.3. The highest BCUT2D eigenvalue weighted by molar-refractivity contribution is 6.27. The molecule has 0 unspecified atom stereocenters. The van der Waals surface area contributed by atoms with Crippen LogP contribution in [-0.2, 0) is 0 Å². The zero-order valence-corrected chi connectivity index (χ0v) is 35.0. The quantitative estimate of drug-likeness (QED) is 0.163. The van der Waals surface area contributed by atoms with Crippen molar-refractivity contribution in [2.24, 2.45) is 0 Å². The molecule has 4 heterocycles. The zero-order valence-electron chi connectivity index (χ0n) is 35.0. The average molecular weight is 826 g/mol. The van der Waals surface area contributed by atoms with Gasteiger partial charge in [-0.2, -0.15) is 0 Å². The first-order valence-electron chi connectivity index (χ1n) is 22.3. The van der Waals surface area contributed by atoms with Crippen molar-refractivity contribution in [1.82, 2.24) is 13.5 Å². The van der Waals surface area contributed by atoms with Crippen LogP contribution in [0.15, 0.2) is 217 Å². The Morgan fingerprint density at radius 1 is 0.246 bits per heavy atom. The number of rotatable bonds is 3. The van der Waals surface area contributed by atoms with Gasteiger partial charge in [0.05, 0.1) is 33.1 Å². The van der Waals surface area contributed by atoms with E-state index in [2.05, 4.69) is 203 Å². The van der Waals surface area contributed by atoms with Crippen molar-refractivity contribution in [3.05, 3.63) is 223 Å². The Morgan fingerprint density at radius 3 is 1.38 bits per heavy atom. The van der Waals surface area contributed by atoms with Crippen molar-refractivity contribution in [3.8, 4) is 22.5 Å². The number of hydrogen-bond donors (Lipinski definition) is 0. The maximum absolute atomic E-state index is 14.0. The van der Waals surface area contributed by atoms with Gasteiger partial charge in [0, 0.05) is 54.5 Å². The molecule has 0 aliphatic rings. The van der Waals surface area contributed by atoms with Crippen LogP contribution in [-0.4, -0.2) is 13.5 Å². The van der Waals surface area contributed by atoms with Gasteiger partial charge in [-0.05, 0) is 122 Å². The highest BCUT2D eigenvalue weighted by Crippen LogP contribution is 2.43. The van der Waals surface area contributed by atoms with Crippen molar-refractivity contribution < 1.29 is 0 Å². The predicted molar refractivity (Wildman–Crippen MR) is 274 cm³/mol. The molecule has 0 aliphatic carbocycles. The lowest BCUT2D eigenvalue weighted by Gasteiger charge is -2.15. The zero-order chi connectivity index (χ0) is 42.5. The van der Waals surface area contributed by atoms with Crippen LogP contribution in [0.1, 0.15) is 0 Å². The van der Waals surface area contributed by atoms with E-state index in [9.17, 15) is 4.79 Å². The molecule has 65 heavy (non-hydrogen) atoms. The summed E-state index contributed by atoms with van der Waals surface area (Å²) in [5.74, 6) is 0. The van der Waals surface area contributed by atoms with E-state index in [-0.39, 0.29) is 5.56 Å². The summed E-state index contributed by atoms with van der Waals surface area (Å²) < 4.78 is 6.79. The maximum atomic E-state index is 14.0. The molecule has 15 aromatic rings. The van der Waals surface area contributed by atoms with E-state index in [4.69, 9.17) is 0 Å². The molecule has 0 bridgehead atoms. The van der Waals surface area contributed by atoms with Crippen LogP contribution >= 0.6 is 0 Å². The highest BCUT2D eigenvalue weighted by atomic mass is 16.1. The molecule has 0 N–H and O–H groups in total. The molecule has 11 aromatic carbocycles. The van der Waals surface area contributed by atoms with E-state index in [1.807, 2.05) is 22.6 Å². The van der Waals surface area contributed by atoms with Gasteiger partial charge < -0.3 is 9.13 Å². The van der Waals surface area contributed by atoms with Crippen molar-refractivity contribution in [2.75, 3.05) is 0 Å². The molecule has 0 aliphatic heterocycles. The Kier molecular flexibility index (Phi) is 6.79. The Labute approximate surface area is 371 Å². The highest BCUT2D eigenvalue weighted by Gasteiger charge is 2.21.